The molecule has 0 radical (unpaired) electrons. The highest BCUT2D eigenvalue weighted by Crippen LogP contribution is 2.33. The topological polar surface area (TPSA) is 155 Å². The molecule has 2 aromatic carbocycles. The molecule has 4 N–H and O–H groups in total. The number of carbonyl (C=O) groups is 5. The molecule has 2 aliphatic heterocycles. The minimum atomic E-state index is -4.50. The molecule has 0 bridgehead atoms. The van der Waals surface area contributed by atoms with Crippen molar-refractivity contribution < 1.29 is 46.6 Å². The number of hydrogen-bond acceptors (Lipinski definition) is 8. The quantitative estimate of drug-likeness (QED) is 0.308. The maximum atomic E-state index is 14.3. The monoisotopic (exact) mass is 745 g/mol. The third-order valence-corrected chi connectivity index (χ3v) is 9.06. The van der Waals surface area contributed by atoms with Crippen LogP contribution in [0.25, 0.3) is 11.1 Å². The summed E-state index contributed by atoms with van der Waals surface area (Å²) >= 11 is 0. The van der Waals surface area contributed by atoms with Crippen LogP contribution < -0.4 is 21.3 Å². The van der Waals surface area contributed by atoms with Crippen molar-refractivity contribution in [2.45, 2.75) is 77.1 Å². The summed E-state index contributed by atoms with van der Waals surface area (Å²) in [5, 5.41) is 11.4. The zero-order chi connectivity index (χ0) is 38.6. The van der Waals surface area contributed by atoms with Crippen molar-refractivity contribution in [1.82, 2.24) is 26.2 Å². The number of alkyl halides is 3. The summed E-state index contributed by atoms with van der Waals surface area (Å²) in [6, 6.07) is 10.6. The van der Waals surface area contributed by atoms with E-state index in [2.05, 4.69) is 21.3 Å². The van der Waals surface area contributed by atoms with E-state index < -0.39 is 59.1 Å². The van der Waals surface area contributed by atoms with Crippen LogP contribution in [0.3, 0.4) is 0 Å². The molecule has 0 saturated carbocycles. The van der Waals surface area contributed by atoms with Gasteiger partial charge in [0.15, 0.2) is 0 Å². The van der Waals surface area contributed by atoms with E-state index in [-0.39, 0.29) is 51.3 Å². The van der Waals surface area contributed by atoms with Gasteiger partial charge < -0.3 is 35.6 Å². The Balaban J connectivity index is 1.63. The number of carbonyl (C=O) groups excluding carboxylic acids is 5. The average Bonchev–Trinajstić information content (AvgIpc) is 3.12. The highest BCUT2D eigenvalue weighted by molar-refractivity contribution is 5.92. The molecule has 0 aromatic heterocycles. The molecule has 15 heteroatoms. The largest absolute Gasteiger partial charge is 0.460 e. The molecule has 2 heterocycles. The fraction of sp³-hybridized carbons (Fsp3) is 0.553. The molecular formula is C38H50F3N5O7. The molecule has 4 rings (SSSR count). The minimum Gasteiger partial charge on any atom is -0.460 e. The molecule has 4 amide bonds. The zero-order valence-electron chi connectivity index (χ0n) is 30.5. The van der Waals surface area contributed by atoms with Gasteiger partial charge in [0, 0.05) is 32.7 Å². The predicted octanol–water partition coefficient (Wildman–Crippen LogP) is 4.21. The van der Waals surface area contributed by atoms with Gasteiger partial charge >= 0.3 is 18.2 Å². The van der Waals surface area contributed by atoms with Gasteiger partial charge in [-0.25, -0.2) is 4.79 Å². The summed E-state index contributed by atoms with van der Waals surface area (Å²) in [5.74, 6) is -4.11. The van der Waals surface area contributed by atoms with Gasteiger partial charge in [0.05, 0.1) is 30.6 Å². The number of nitrogens with zero attached hydrogens (tertiary/aromatic N) is 1. The SMILES string of the molecule is CC(C)(C)OC(=O)[C@H]1CCCOC(=O)NCCCC[C@@H](C(=O)NCC(=O)N2CCNCC2)NC(=O)[C@@H]1Cc1ccc(-c2cccc(C(F)(F)F)c2)cc1. The zero-order valence-corrected chi connectivity index (χ0v) is 30.5. The number of hydrogen-bond donors (Lipinski definition) is 4. The van der Waals surface area contributed by atoms with Crippen LogP contribution in [-0.4, -0.2) is 92.2 Å². The summed E-state index contributed by atoms with van der Waals surface area (Å²) in [7, 11) is 0. The molecule has 2 fully saturated rings. The van der Waals surface area contributed by atoms with Gasteiger partial charge in [-0.2, -0.15) is 13.2 Å². The summed E-state index contributed by atoms with van der Waals surface area (Å²) in [6.45, 7) is 7.44. The van der Waals surface area contributed by atoms with Gasteiger partial charge in [0.1, 0.15) is 11.6 Å². The van der Waals surface area contributed by atoms with Crippen LogP contribution >= 0.6 is 0 Å². The van der Waals surface area contributed by atoms with E-state index in [1.165, 1.54) is 6.07 Å². The lowest BCUT2D eigenvalue weighted by Crippen LogP contribution is -2.53. The van der Waals surface area contributed by atoms with Crippen molar-refractivity contribution in [2.75, 3.05) is 45.9 Å². The van der Waals surface area contributed by atoms with Crippen molar-refractivity contribution in [3.05, 3.63) is 59.7 Å². The van der Waals surface area contributed by atoms with E-state index in [0.29, 0.717) is 55.7 Å². The number of halogens is 3. The number of piperazine rings is 1. The number of nitrogens with one attached hydrogen (secondary N) is 4. The fourth-order valence-corrected chi connectivity index (χ4v) is 6.28. The maximum Gasteiger partial charge on any atom is 0.416 e. The smallest absolute Gasteiger partial charge is 0.416 e. The highest BCUT2D eigenvalue weighted by Gasteiger charge is 2.38. The number of rotatable bonds is 7. The molecule has 2 saturated heterocycles. The Morgan fingerprint density at radius 2 is 1.64 bits per heavy atom. The van der Waals surface area contributed by atoms with E-state index in [0.717, 1.165) is 12.1 Å². The molecule has 53 heavy (non-hydrogen) atoms. The first-order valence-electron chi connectivity index (χ1n) is 18.1. The number of esters is 1. The lowest BCUT2D eigenvalue weighted by molar-refractivity contribution is -0.164. The van der Waals surface area contributed by atoms with Gasteiger partial charge in [-0.05, 0) is 88.1 Å². The van der Waals surface area contributed by atoms with Gasteiger partial charge in [0.25, 0.3) is 0 Å². The number of cyclic esters (lactones) is 1. The number of ether oxygens (including phenoxy) is 2. The van der Waals surface area contributed by atoms with Crippen LogP contribution in [0, 0.1) is 11.8 Å². The van der Waals surface area contributed by atoms with Crippen molar-refractivity contribution in [2.24, 2.45) is 11.8 Å². The molecule has 3 atom stereocenters. The first kappa shape index (κ1) is 41.1. The Hall–Kier alpha value is -4.66. The fourth-order valence-electron chi connectivity index (χ4n) is 6.28. The van der Waals surface area contributed by atoms with Gasteiger partial charge in [0.2, 0.25) is 17.7 Å². The molecule has 290 valence electrons. The molecular weight excluding hydrogens is 695 g/mol. The van der Waals surface area contributed by atoms with Crippen LogP contribution in [-0.2, 0) is 41.2 Å². The molecule has 2 aromatic rings. The van der Waals surface area contributed by atoms with Crippen molar-refractivity contribution in [3.8, 4) is 11.1 Å². The van der Waals surface area contributed by atoms with E-state index in [9.17, 15) is 37.1 Å². The Morgan fingerprint density at radius 3 is 2.32 bits per heavy atom. The number of benzene rings is 2. The average molecular weight is 746 g/mol. The number of alkyl carbamates (subject to hydrolysis) is 1. The Labute approximate surface area is 307 Å². The van der Waals surface area contributed by atoms with Crippen LogP contribution in [0.15, 0.2) is 48.5 Å². The lowest BCUT2D eigenvalue weighted by Gasteiger charge is -2.30. The second-order valence-electron chi connectivity index (χ2n) is 14.3. The van der Waals surface area contributed by atoms with Crippen LogP contribution in [0.5, 0.6) is 0 Å². The van der Waals surface area contributed by atoms with Crippen LogP contribution in [0.4, 0.5) is 18.0 Å². The number of amides is 4. The molecule has 0 aliphatic carbocycles. The van der Waals surface area contributed by atoms with E-state index in [1.807, 2.05) is 0 Å². The van der Waals surface area contributed by atoms with E-state index >= 15 is 0 Å². The predicted molar refractivity (Wildman–Crippen MR) is 190 cm³/mol. The lowest BCUT2D eigenvalue weighted by atomic mass is 9.82. The van der Waals surface area contributed by atoms with Gasteiger partial charge in [-0.1, -0.05) is 36.4 Å². The van der Waals surface area contributed by atoms with Crippen LogP contribution in [0.1, 0.15) is 64.0 Å². The molecule has 0 spiro atoms. The summed E-state index contributed by atoms with van der Waals surface area (Å²) < 4.78 is 51.2. The molecule has 12 nitrogen and oxygen atoms in total. The summed E-state index contributed by atoms with van der Waals surface area (Å²) in [4.78, 5) is 68.4. The standard InChI is InChI=1S/C38H50F3N5O7/c1-37(2,3)53-35(50)29-10-7-21-52-36(51)43-16-5-4-11-31(34(49)44-24-32(47)46-19-17-42-18-20-46)45-33(48)30(29)22-25-12-14-26(15-13-25)27-8-6-9-28(23-27)38(39,40)41/h6,8-9,12-15,23,29-31,42H,4-5,7,10-11,16-22,24H2,1-3H3,(H,43,51)(H,44,49)(H,45,48)/t29-,30+,31-/m0/s1. The van der Waals surface area contributed by atoms with Crippen molar-refractivity contribution in [3.63, 3.8) is 0 Å². The summed E-state index contributed by atoms with van der Waals surface area (Å²) in [6.07, 6.45) is -3.66. The summed E-state index contributed by atoms with van der Waals surface area (Å²) in [5.41, 5.74) is -0.168. The minimum absolute atomic E-state index is 0.0166. The third-order valence-electron chi connectivity index (χ3n) is 9.06. The second kappa shape index (κ2) is 18.9. The van der Waals surface area contributed by atoms with E-state index in [1.54, 1.807) is 56.0 Å². The Bertz CT molecular complexity index is 1570. The van der Waals surface area contributed by atoms with Crippen molar-refractivity contribution >= 4 is 29.8 Å². The van der Waals surface area contributed by atoms with Gasteiger partial charge in [-0.15, -0.1) is 0 Å². The first-order chi connectivity index (χ1) is 25.1. The van der Waals surface area contributed by atoms with Gasteiger partial charge in [-0.3, -0.25) is 19.2 Å². The highest BCUT2D eigenvalue weighted by atomic mass is 19.4. The normalized spacial score (nSPS) is 21.2. The van der Waals surface area contributed by atoms with Crippen LogP contribution in [0.2, 0.25) is 0 Å². The Morgan fingerprint density at radius 1 is 0.925 bits per heavy atom. The molecule has 2 aliphatic rings. The first-order valence-corrected chi connectivity index (χ1v) is 18.1. The van der Waals surface area contributed by atoms with E-state index in [4.69, 9.17) is 9.47 Å². The Kier molecular flexibility index (Phi) is 14.7. The molecule has 0 unspecified atom stereocenters. The second-order valence-corrected chi connectivity index (χ2v) is 14.3. The van der Waals surface area contributed by atoms with Crippen molar-refractivity contribution in [1.29, 1.82) is 0 Å². The third kappa shape index (κ3) is 13.1. The maximum absolute atomic E-state index is 14.3.